The van der Waals surface area contributed by atoms with Crippen molar-refractivity contribution in [2.45, 2.75) is 51.7 Å². The van der Waals surface area contributed by atoms with Crippen LogP contribution in [-0.4, -0.2) is 24.2 Å². The molecule has 0 saturated carbocycles. The van der Waals surface area contributed by atoms with Gasteiger partial charge in [0, 0.05) is 23.9 Å². The Morgan fingerprint density at radius 1 is 1.55 bits per heavy atom. The summed E-state index contributed by atoms with van der Waals surface area (Å²) in [4.78, 5) is 11.4. The zero-order chi connectivity index (χ0) is 14.8. The van der Waals surface area contributed by atoms with Gasteiger partial charge in [0.1, 0.15) is 0 Å². The molecule has 2 unspecified atom stereocenters. The predicted molar refractivity (Wildman–Crippen MR) is 81.0 cm³/mol. The Bertz CT molecular complexity index is 501. The molecule has 0 aromatic heterocycles. The number of anilines is 1. The first-order chi connectivity index (χ1) is 9.45. The second-order valence-electron chi connectivity index (χ2n) is 5.83. The molecule has 110 valence electrons. The highest BCUT2D eigenvalue weighted by Gasteiger charge is 2.31. The van der Waals surface area contributed by atoms with E-state index >= 15 is 0 Å². The molecule has 1 heterocycles. The molecule has 1 aromatic rings. The van der Waals surface area contributed by atoms with Gasteiger partial charge in [-0.1, -0.05) is 13.0 Å². The minimum atomic E-state index is -0.378. The fourth-order valence-electron chi connectivity index (χ4n) is 2.78. The Morgan fingerprint density at radius 3 is 2.95 bits per heavy atom. The highest BCUT2D eigenvalue weighted by atomic mass is 16.5. The molecular formula is C16H24N2O2. The number of carbonyl (C=O) groups is 1. The second-order valence-corrected chi connectivity index (χ2v) is 5.83. The van der Waals surface area contributed by atoms with Gasteiger partial charge in [-0.05, 0) is 50.8 Å². The maximum Gasteiger partial charge on any atom is 0.249 e. The molecule has 1 saturated heterocycles. The molecule has 1 aliphatic heterocycles. The lowest BCUT2D eigenvalue weighted by molar-refractivity contribution is -0.0708. The van der Waals surface area contributed by atoms with Crippen LogP contribution in [0.3, 0.4) is 0 Å². The molecule has 4 nitrogen and oxygen atoms in total. The van der Waals surface area contributed by atoms with Crippen LogP contribution in [0.2, 0.25) is 0 Å². The van der Waals surface area contributed by atoms with E-state index in [2.05, 4.69) is 19.2 Å². The van der Waals surface area contributed by atoms with Crippen LogP contribution in [0.15, 0.2) is 18.2 Å². The lowest BCUT2D eigenvalue weighted by Gasteiger charge is -2.38. The summed E-state index contributed by atoms with van der Waals surface area (Å²) < 4.78 is 5.86. The third-order valence-electron chi connectivity index (χ3n) is 4.30. The zero-order valence-electron chi connectivity index (χ0n) is 12.5. The van der Waals surface area contributed by atoms with Crippen LogP contribution in [-0.2, 0) is 4.74 Å². The summed E-state index contributed by atoms with van der Waals surface area (Å²) in [5.74, 6) is -0.378. The first-order valence-electron chi connectivity index (χ1n) is 7.25. The van der Waals surface area contributed by atoms with Crippen molar-refractivity contribution in [2.24, 2.45) is 5.73 Å². The molecule has 0 bridgehead atoms. The monoisotopic (exact) mass is 276 g/mol. The normalized spacial score (nSPS) is 26.2. The van der Waals surface area contributed by atoms with Crippen LogP contribution in [0.1, 0.15) is 49.0 Å². The maximum absolute atomic E-state index is 11.4. The highest BCUT2D eigenvalue weighted by molar-refractivity contribution is 5.95. The Labute approximate surface area is 120 Å². The van der Waals surface area contributed by atoms with E-state index in [0.29, 0.717) is 11.6 Å². The average Bonchev–Trinajstić information content (AvgIpc) is 2.41. The molecule has 0 radical (unpaired) electrons. The van der Waals surface area contributed by atoms with Crippen LogP contribution in [0.5, 0.6) is 0 Å². The number of amides is 1. The molecule has 1 amide bonds. The van der Waals surface area contributed by atoms with Gasteiger partial charge in [-0.15, -0.1) is 0 Å². The van der Waals surface area contributed by atoms with Crippen molar-refractivity contribution in [2.75, 3.05) is 11.9 Å². The molecule has 2 atom stereocenters. The van der Waals surface area contributed by atoms with E-state index in [1.54, 1.807) is 6.07 Å². The third kappa shape index (κ3) is 3.12. The Hall–Kier alpha value is -1.55. The van der Waals surface area contributed by atoms with Gasteiger partial charge in [-0.3, -0.25) is 4.79 Å². The first kappa shape index (κ1) is 14.9. The van der Waals surface area contributed by atoms with Crippen molar-refractivity contribution < 1.29 is 9.53 Å². The third-order valence-corrected chi connectivity index (χ3v) is 4.30. The van der Waals surface area contributed by atoms with Gasteiger partial charge < -0.3 is 15.8 Å². The Kier molecular flexibility index (Phi) is 4.33. The summed E-state index contributed by atoms with van der Waals surface area (Å²) >= 11 is 0. The van der Waals surface area contributed by atoms with E-state index in [9.17, 15) is 4.79 Å². The molecular weight excluding hydrogens is 252 g/mol. The van der Waals surface area contributed by atoms with E-state index < -0.39 is 0 Å². The molecule has 2 rings (SSSR count). The van der Waals surface area contributed by atoms with Crippen LogP contribution in [0, 0.1) is 6.92 Å². The van der Waals surface area contributed by atoms with Gasteiger partial charge in [0.05, 0.1) is 5.60 Å². The molecule has 1 aliphatic rings. The smallest absolute Gasteiger partial charge is 0.249 e. The standard InChI is InChI=1S/C16H24N2O2/c1-4-16(3)10-12(8-9-20-16)18-14-7-5-6-13(11(14)2)15(17)19/h5-7,12,18H,4,8-10H2,1-3H3,(H2,17,19). The van der Waals surface area contributed by atoms with E-state index in [4.69, 9.17) is 10.5 Å². The number of benzene rings is 1. The largest absolute Gasteiger partial charge is 0.382 e. The van der Waals surface area contributed by atoms with Gasteiger partial charge in [0.15, 0.2) is 0 Å². The number of rotatable bonds is 4. The van der Waals surface area contributed by atoms with E-state index in [0.717, 1.165) is 37.1 Å². The molecule has 0 spiro atoms. The van der Waals surface area contributed by atoms with Gasteiger partial charge in [0.2, 0.25) is 5.91 Å². The van der Waals surface area contributed by atoms with Crippen LogP contribution < -0.4 is 11.1 Å². The summed E-state index contributed by atoms with van der Waals surface area (Å²) in [6.07, 6.45) is 2.96. The predicted octanol–water partition coefficient (Wildman–Crippen LogP) is 2.85. The molecule has 1 aromatic carbocycles. The van der Waals surface area contributed by atoms with Gasteiger partial charge in [-0.25, -0.2) is 0 Å². The van der Waals surface area contributed by atoms with Crippen molar-refractivity contribution in [1.29, 1.82) is 0 Å². The number of nitrogens with one attached hydrogen (secondary N) is 1. The lowest BCUT2D eigenvalue weighted by Crippen LogP contribution is -2.42. The molecule has 4 heteroatoms. The van der Waals surface area contributed by atoms with Crippen LogP contribution in [0.25, 0.3) is 0 Å². The van der Waals surface area contributed by atoms with Crippen LogP contribution in [0.4, 0.5) is 5.69 Å². The summed E-state index contributed by atoms with van der Waals surface area (Å²) in [7, 11) is 0. The van der Waals surface area contributed by atoms with Gasteiger partial charge >= 0.3 is 0 Å². The summed E-state index contributed by atoms with van der Waals surface area (Å²) in [5, 5.41) is 3.55. The number of nitrogens with two attached hydrogens (primary N) is 1. The average molecular weight is 276 g/mol. The van der Waals surface area contributed by atoms with Crippen LogP contribution >= 0.6 is 0 Å². The number of ether oxygens (including phenoxy) is 1. The summed E-state index contributed by atoms with van der Waals surface area (Å²) in [6, 6.07) is 6.01. The Balaban J connectivity index is 2.14. The second kappa shape index (κ2) is 5.83. The van der Waals surface area contributed by atoms with Gasteiger partial charge in [-0.2, -0.15) is 0 Å². The number of hydrogen-bond acceptors (Lipinski definition) is 3. The van der Waals surface area contributed by atoms with E-state index in [1.165, 1.54) is 0 Å². The summed E-state index contributed by atoms with van der Waals surface area (Å²) in [6.45, 7) is 7.02. The van der Waals surface area contributed by atoms with Crippen molar-refractivity contribution in [1.82, 2.24) is 0 Å². The minimum Gasteiger partial charge on any atom is -0.382 e. The van der Waals surface area contributed by atoms with Gasteiger partial charge in [0.25, 0.3) is 0 Å². The molecule has 0 aliphatic carbocycles. The number of primary amides is 1. The first-order valence-corrected chi connectivity index (χ1v) is 7.25. The fourth-order valence-corrected chi connectivity index (χ4v) is 2.78. The quantitative estimate of drug-likeness (QED) is 0.888. The van der Waals surface area contributed by atoms with Crippen molar-refractivity contribution in [3.63, 3.8) is 0 Å². The number of carbonyl (C=O) groups excluding carboxylic acids is 1. The molecule has 20 heavy (non-hydrogen) atoms. The Morgan fingerprint density at radius 2 is 2.30 bits per heavy atom. The maximum atomic E-state index is 11.4. The van der Waals surface area contributed by atoms with Crippen molar-refractivity contribution >= 4 is 11.6 Å². The number of hydrogen-bond donors (Lipinski definition) is 2. The minimum absolute atomic E-state index is 0.0505. The zero-order valence-corrected chi connectivity index (χ0v) is 12.5. The SMILES string of the molecule is CCC1(C)CC(Nc2cccc(C(N)=O)c2C)CCO1. The fraction of sp³-hybridized carbons (Fsp3) is 0.562. The highest BCUT2D eigenvalue weighted by Crippen LogP contribution is 2.30. The lowest BCUT2D eigenvalue weighted by atomic mass is 9.89. The van der Waals surface area contributed by atoms with Crippen molar-refractivity contribution in [3.05, 3.63) is 29.3 Å². The molecule has 3 N–H and O–H groups in total. The topological polar surface area (TPSA) is 64.3 Å². The summed E-state index contributed by atoms with van der Waals surface area (Å²) in [5.41, 5.74) is 7.84. The van der Waals surface area contributed by atoms with Crippen molar-refractivity contribution in [3.8, 4) is 0 Å². The van der Waals surface area contributed by atoms with E-state index in [1.807, 2.05) is 19.1 Å². The molecule has 1 fully saturated rings. The van der Waals surface area contributed by atoms with E-state index in [-0.39, 0.29) is 11.5 Å².